The number of carbonyl (C=O) groups is 1. The normalized spacial score (nSPS) is 15.2. The second kappa shape index (κ2) is 7.31. The molecular formula is C16H19N3O2S2. The Kier molecular flexibility index (Phi) is 5.17. The predicted octanol–water partition coefficient (Wildman–Crippen LogP) is 3.21. The third-order valence-corrected chi connectivity index (χ3v) is 5.69. The van der Waals surface area contributed by atoms with Crippen LogP contribution in [0.25, 0.3) is 0 Å². The molecule has 0 aliphatic heterocycles. The molecule has 1 fully saturated rings. The van der Waals surface area contributed by atoms with Crippen LogP contribution < -0.4 is 10.1 Å². The van der Waals surface area contributed by atoms with Crippen LogP contribution in [0.3, 0.4) is 0 Å². The molecular weight excluding hydrogens is 330 g/mol. The van der Waals surface area contributed by atoms with Gasteiger partial charge in [0.05, 0.1) is 18.9 Å². The third kappa shape index (κ3) is 4.45. The topological polar surface area (TPSA) is 64.1 Å². The Morgan fingerprint density at radius 1 is 1.39 bits per heavy atom. The average Bonchev–Trinajstić information content (AvgIpc) is 3.32. The average molecular weight is 349 g/mol. The molecule has 1 N–H and O–H groups in total. The van der Waals surface area contributed by atoms with Gasteiger partial charge in [0.2, 0.25) is 5.91 Å². The van der Waals surface area contributed by atoms with Gasteiger partial charge in [0.25, 0.3) is 0 Å². The van der Waals surface area contributed by atoms with Gasteiger partial charge in [-0.2, -0.15) is 0 Å². The lowest BCUT2D eigenvalue weighted by atomic mass is 10.0. The number of thioether (sulfide) groups is 1. The molecule has 1 amide bonds. The molecule has 0 spiro atoms. The highest BCUT2D eigenvalue weighted by atomic mass is 32.2. The first-order valence-electron chi connectivity index (χ1n) is 7.52. The van der Waals surface area contributed by atoms with E-state index in [1.807, 2.05) is 31.2 Å². The summed E-state index contributed by atoms with van der Waals surface area (Å²) in [4.78, 5) is 12.3. The fraction of sp³-hybridized carbons (Fsp3) is 0.438. The van der Waals surface area contributed by atoms with E-state index >= 15 is 0 Å². The van der Waals surface area contributed by atoms with Gasteiger partial charge in [0.15, 0.2) is 4.34 Å². The van der Waals surface area contributed by atoms with E-state index in [9.17, 15) is 4.79 Å². The first kappa shape index (κ1) is 16.3. The maximum Gasteiger partial charge on any atom is 0.230 e. The van der Waals surface area contributed by atoms with Crippen LogP contribution in [-0.4, -0.2) is 29.0 Å². The largest absolute Gasteiger partial charge is 0.497 e. The molecule has 23 heavy (non-hydrogen) atoms. The lowest BCUT2D eigenvalue weighted by Gasteiger charge is -2.19. The molecule has 3 rings (SSSR count). The zero-order valence-electron chi connectivity index (χ0n) is 13.1. The lowest BCUT2D eigenvalue weighted by Crippen LogP contribution is -2.31. The van der Waals surface area contributed by atoms with Crippen molar-refractivity contribution in [3.63, 3.8) is 0 Å². The highest BCUT2D eigenvalue weighted by Crippen LogP contribution is 2.41. The second-order valence-electron chi connectivity index (χ2n) is 5.53. The van der Waals surface area contributed by atoms with Crippen molar-refractivity contribution in [2.45, 2.75) is 30.1 Å². The Balaban J connectivity index is 1.59. The quantitative estimate of drug-likeness (QED) is 0.778. The van der Waals surface area contributed by atoms with Gasteiger partial charge in [-0.3, -0.25) is 4.79 Å². The van der Waals surface area contributed by atoms with Gasteiger partial charge in [0.1, 0.15) is 10.8 Å². The zero-order chi connectivity index (χ0) is 16.2. The smallest absolute Gasteiger partial charge is 0.230 e. The van der Waals surface area contributed by atoms with Crippen molar-refractivity contribution in [1.82, 2.24) is 15.5 Å². The Labute approximate surface area is 143 Å². The third-order valence-electron chi connectivity index (χ3n) is 3.72. The molecule has 0 saturated heterocycles. The summed E-state index contributed by atoms with van der Waals surface area (Å²) in [7, 11) is 1.65. The van der Waals surface area contributed by atoms with Crippen LogP contribution in [0.5, 0.6) is 5.75 Å². The minimum absolute atomic E-state index is 0.0376. The zero-order valence-corrected chi connectivity index (χ0v) is 14.7. The molecule has 7 heteroatoms. The number of amides is 1. The summed E-state index contributed by atoms with van der Waals surface area (Å²) >= 11 is 2.95. The summed E-state index contributed by atoms with van der Waals surface area (Å²) in [5.41, 5.74) is 1.14. The van der Waals surface area contributed by atoms with E-state index in [1.165, 1.54) is 35.9 Å². The molecule has 2 aromatic rings. The van der Waals surface area contributed by atoms with Gasteiger partial charge in [-0.1, -0.05) is 35.2 Å². The van der Waals surface area contributed by atoms with E-state index < -0.39 is 0 Å². The van der Waals surface area contributed by atoms with Gasteiger partial charge < -0.3 is 10.1 Å². The monoisotopic (exact) mass is 349 g/mol. The van der Waals surface area contributed by atoms with E-state index in [-0.39, 0.29) is 11.9 Å². The summed E-state index contributed by atoms with van der Waals surface area (Å²) in [5, 5.41) is 12.1. The summed E-state index contributed by atoms with van der Waals surface area (Å²) in [6.07, 6.45) is 2.33. The van der Waals surface area contributed by atoms with E-state index in [2.05, 4.69) is 15.5 Å². The number of hydrogen-bond donors (Lipinski definition) is 1. The fourth-order valence-corrected chi connectivity index (χ4v) is 4.02. The number of carbonyl (C=O) groups excluding carboxylic acids is 1. The number of methoxy groups -OCH3 is 1. The van der Waals surface area contributed by atoms with Gasteiger partial charge in [-0.25, -0.2) is 0 Å². The number of benzene rings is 1. The van der Waals surface area contributed by atoms with Gasteiger partial charge in [-0.05, 0) is 43.4 Å². The molecule has 1 aliphatic rings. The summed E-state index contributed by atoms with van der Waals surface area (Å²) in [6.45, 7) is 1.91. The SMILES string of the molecule is COc1ccc(C(NC(=O)CSc2nnc(C)s2)C2CC2)cc1. The predicted molar refractivity (Wildman–Crippen MR) is 92.0 cm³/mol. The van der Waals surface area contributed by atoms with Crippen molar-refractivity contribution in [1.29, 1.82) is 0 Å². The van der Waals surface area contributed by atoms with Crippen LogP contribution in [0.1, 0.15) is 29.5 Å². The van der Waals surface area contributed by atoms with Crippen molar-refractivity contribution in [3.05, 3.63) is 34.8 Å². The van der Waals surface area contributed by atoms with E-state index in [0.29, 0.717) is 11.7 Å². The molecule has 1 heterocycles. The Morgan fingerprint density at radius 2 is 2.13 bits per heavy atom. The number of nitrogens with zero attached hydrogens (tertiary/aromatic N) is 2. The summed E-state index contributed by atoms with van der Waals surface area (Å²) < 4.78 is 6.03. The molecule has 1 atom stereocenters. The van der Waals surface area contributed by atoms with Crippen LogP contribution in [0, 0.1) is 12.8 Å². The van der Waals surface area contributed by atoms with Crippen LogP contribution in [0.15, 0.2) is 28.6 Å². The van der Waals surface area contributed by atoms with E-state index in [1.54, 1.807) is 7.11 Å². The molecule has 1 unspecified atom stereocenters. The highest BCUT2D eigenvalue weighted by Gasteiger charge is 2.33. The van der Waals surface area contributed by atoms with Crippen LogP contribution >= 0.6 is 23.1 Å². The van der Waals surface area contributed by atoms with E-state index in [4.69, 9.17) is 4.74 Å². The molecule has 0 bridgehead atoms. The van der Waals surface area contributed by atoms with Crippen molar-refractivity contribution < 1.29 is 9.53 Å². The Hall–Kier alpha value is -1.60. The molecule has 0 radical (unpaired) electrons. The first-order valence-corrected chi connectivity index (χ1v) is 9.32. The fourth-order valence-electron chi connectivity index (χ4n) is 2.39. The Morgan fingerprint density at radius 3 is 2.70 bits per heavy atom. The maximum absolute atomic E-state index is 12.3. The van der Waals surface area contributed by atoms with Crippen LogP contribution in [0.4, 0.5) is 0 Å². The van der Waals surface area contributed by atoms with Crippen molar-refractivity contribution >= 4 is 29.0 Å². The van der Waals surface area contributed by atoms with Crippen LogP contribution in [-0.2, 0) is 4.79 Å². The molecule has 1 aliphatic carbocycles. The minimum Gasteiger partial charge on any atom is -0.497 e. The van der Waals surface area contributed by atoms with Gasteiger partial charge in [0, 0.05) is 0 Å². The Bertz CT molecular complexity index is 668. The number of aryl methyl sites for hydroxylation is 1. The molecule has 1 saturated carbocycles. The summed E-state index contributed by atoms with van der Waals surface area (Å²) in [5.74, 6) is 1.78. The number of aromatic nitrogens is 2. The van der Waals surface area contributed by atoms with Crippen molar-refractivity contribution in [3.8, 4) is 5.75 Å². The van der Waals surface area contributed by atoms with Crippen molar-refractivity contribution in [2.24, 2.45) is 5.92 Å². The molecule has 1 aromatic heterocycles. The number of nitrogens with one attached hydrogen (secondary N) is 1. The molecule has 5 nitrogen and oxygen atoms in total. The minimum atomic E-state index is 0.0376. The van der Waals surface area contributed by atoms with Crippen LogP contribution in [0.2, 0.25) is 0 Å². The van der Waals surface area contributed by atoms with E-state index in [0.717, 1.165) is 20.7 Å². The van der Waals surface area contributed by atoms with Crippen molar-refractivity contribution in [2.75, 3.05) is 12.9 Å². The summed E-state index contributed by atoms with van der Waals surface area (Å²) in [6, 6.07) is 8.03. The number of ether oxygens (including phenoxy) is 1. The van der Waals surface area contributed by atoms with Gasteiger partial charge in [-0.15, -0.1) is 10.2 Å². The molecule has 122 valence electrons. The lowest BCUT2D eigenvalue weighted by molar-refractivity contribution is -0.119. The molecule has 1 aromatic carbocycles. The van der Waals surface area contributed by atoms with Gasteiger partial charge >= 0.3 is 0 Å². The second-order valence-corrected chi connectivity index (χ2v) is 7.94. The maximum atomic E-state index is 12.3. The highest BCUT2D eigenvalue weighted by molar-refractivity contribution is 8.01. The first-order chi connectivity index (χ1) is 11.2. The standard InChI is InChI=1S/C16H19N3O2S2/c1-10-18-19-16(23-10)22-9-14(20)17-15(11-3-4-11)12-5-7-13(21-2)8-6-12/h5-8,11,15H,3-4,9H2,1-2H3,(H,17,20). The number of hydrogen-bond acceptors (Lipinski definition) is 6. The number of rotatable bonds is 7.